The van der Waals surface area contributed by atoms with Gasteiger partial charge in [0.05, 0.1) is 5.25 Å². The molecule has 2 amide bonds. The molecule has 0 bridgehead atoms. The maximum Gasteiger partial charge on any atom is 0.269 e. The van der Waals surface area contributed by atoms with Crippen molar-refractivity contribution in [1.82, 2.24) is 10.9 Å². The van der Waals surface area contributed by atoms with E-state index < -0.39 is 0 Å². The number of thioether (sulfide) groups is 1. The number of rotatable bonds is 4. The number of hydrazine groups is 1. The van der Waals surface area contributed by atoms with E-state index in [1.807, 2.05) is 49.4 Å². The highest BCUT2D eigenvalue weighted by atomic mass is 32.2. The average molecular weight is 314 g/mol. The van der Waals surface area contributed by atoms with Gasteiger partial charge in [-0.15, -0.1) is 11.8 Å². The quantitative estimate of drug-likeness (QED) is 0.674. The van der Waals surface area contributed by atoms with Crippen molar-refractivity contribution in [1.29, 1.82) is 0 Å². The second kappa shape index (κ2) is 7.66. The topological polar surface area (TPSA) is 58.2 Å². The van der Waals surface area contributed by atoms with Crippen LogP contribution in [0, 0.1) is 6.92 Å². The summed E-state index contributed by atoms with van der Waals surface area (Å²) < 4.78 is 0. The van der Waals surface area contributed by atoms with Gasteiger partial charge in [0.2, 0.25) is 0 Å². The van der Waals surface area contributed by atoms with Crippen molar-refractivity contribution >= 4 is 23.6 Å². The third-order valence-corrected chi connectivity index (χ3v) is 4.23. The van der Waals surface area contributed by atoms with Crippen molar-refractivity contribution in [2.24, 2.45) is 0 Å². The SMILES string of the molecule is Cc1ccccc1C(=O)NNC(=O)[C@H](C)Sc1ccccc1. The van der Waals surface area contributed by atoms with Crippen LogP contribution in [0.3, 0.4) is 0 Å². The highest BCUT2D eigenvalue weighted by Gasteiger charge is 2.15. The lowest BCUT2D eigenvalue weighted by atomic mass is 10.1. The van der Waals surface area contributed by atoms with Crippen molar-refractivity contribution in [3.05, 3.63) is 65.7 Å². The van der Waals surface area contributed by atoms with Gasteiger partial charge in [-0.1, -0.05) is 36.4 Å². The van der Waals surface area contributed by atoms with Crippen LogP contribution in [-0.4, -0.2) is 17.1 Å². The Morgan fingerprint density at radius 1 is 0.955 bits per heavy atom. The predicted octanol–water partition coefficient (Wildman–Crippen LogP) is 2.94. The molecule has 4 nitrogen and oxygen atoms in total. The van der Waals surface area contributed by atoms with Crippen LogP contribution in [0.2, 0.25) is 0 Å². The van der Waals surface area contributed by atoms with Gasteiger partial charge in [0, 0.05) is 10.5 Å². The van der Waals surface area contributed by atoms with Gasteiger partial charge in [0.15, 0.2) is 0 Å². The molecule has 1 atom stereocenters. The third kappa shape index (κ3) is 4.36. The molecule has 5 heteroatoms. The Balaban J connectivity index is 1.87. The molecule has 0 spiro atoms. The van der Waals surface area contributed by atoms with Gasteiger partial charge in [-0.05, 0) is 37.6 Å². The molecule has 114 valence electrons. The van der Waals surface area contributed by atoms with Crippen molar-refractivity contribution in [3.63, 3.8) is 0 Å². The van der Waals surface area contributed by atoms with Crippen LogP contribution in [0.5, 0.6) is 0 Å². The highest BCUT2D eigenvalue weighted by molar-refractivity contribution is 8.00. The lowest BCUT2D eigenvalue weighted by molar-refractivity contribution is -0.121. The molecule has 2 N–H and O–H groups in total. The molecule has 0 aliphatic rings. The minimum atomic E-state index is -0.316. The Kier molecular flexibility index (Phi) is 5.61. The Hall–Kier alpha value is -2.27. The summed E-state index contributed by atoms with van der Waals surface area (Å²) in [5.74, 6) is -0.556. The fourth-order valence-corrected chi connectivity index (χ4v) is 2.76. The number of hydrogen-bond donors (Lipinski definition) is 2. The molecule has 0 heterocycles. The minimum absolute atomic E-state index is 0.240. The number of aryl methyl sites for hydroxylation is 1. The molecule has 0 unspecified atom stereocenters. The van der Waals surface area contributed by atoms with E-state index in [0.717, 1.165) is 10.5 Å². The van der Waals surface area contributed by atoms with Gasteiger partial charge in [0.1, 0.15) is 0 Å². The Morgan fingerprint density at radius 3 is 2.27 bits per heavy atom. The molecule has 22 heavy (non-hydrogen) atoms. The van der Waals surface area contributed by atoms with Crippen molar-refractivity contribution in [2.45, 2.75) is 24.0 Å². The molecule has 0 saturated heterocycles. The first kappa shape index (κ1) is 16.1. The molecule has 0 saturated carbocycles. The van der Waals surface area contributed by atoms with Crippen LogP contribution in [0.25, 0.3) is 0 Å². The highest BCUT2D eigenvalue weighted by Crippen LogP contribution is 2.22. The van der Waals surface area contributed by atoms with E-state index in [2.05, 4.69) is 10.9 Å². The lowest BCUT2D eigenvalue weighted by Crippen LogP contribution is -2.45. The van der Waals surface area contributed by atoms with Gasteiger partial charge < -0.3 is 0 Å². The van der Waals surface area contributed by atoms with Crippen LogP contribution in [0.4, 0.5) is 0 Å². The molecule has 0 radical (unpaired) electrons. The second-order valence-corrected chi connectivity index (χ2v) is 6.25. The first-order valence-electron chi connectivity index (χ1n) is 6.95. The standard InChI is InChI=1S/C17H18N2O2S/c1-12-8-6-7-11-15(12)17(21)19-18-16(20)13(2)22-14-9-4-3-5-10-14/h3-11,13H,1-2H3,(H,18,20)(H,19,21)/t13-/m0/s1. The molecule has 0 aromatic heterocycles. The zero-order chi connectivity index (χ0) is 15.9. The van der Waals surface area contributed by atoms with Gasteiger partial charge >= 0.3 is 0 Å². The average Bonchev–Trinajstić information content (AvgIpc) is 2.53. The number of carbonyl (C=O) groups is 2. The van der Waals surface area contributed by atoms with E-state index in [-0.39, 0.29) is 17.1 Å². The molecule has 0 fully saturated rings. The largest absolute Gasteiger partial charge is 0.272 e. The van der Waals surface area contributed by atoms with Crippen LogP contribution in [0.15, 0.2) is 59.5 Å². The molecule has 0 aliphatic carbocycles. The Bertz CT molecular complexity index is 659. The molecule has 2 aromatic carbocycles. The van der Waals surface area contributed by atoms with Crippen molar-refractivity contribution in [2.75, 3.05) is 0 Å². The summed E-state index contributed by atoms with van der Waals surface area (Å²) >= 11 is 1.44. The van der Waals surface area contributed by atoms with Gasteiger partial charge in [-0.3, -0.25) is 20.4 Å². The Labute approximate surface area is 134 Å². The summed E-state index contributed by atoms with van der Waals surface area (Å²) in [6.45, 7) is 3.65. The normalized spacial score (nSPS) is 11.5. The van der Waals surface area contributed by atoms with Gasteiger partial charge in [0.25, 0.3) is 11.8 Å². The maximum atomic E-state index is 12.0. The molecule has 0 aliphatic heterocycles. The number of hydrogen-bond acceptors (Lipinski definition) is 3. The van der Waals surface area contributed by atoms with Gasteiger partial charge in [-0.2, -0.15) is 0 Å². The maximum absolute atomic E-state index is 12.0. The molecule has 2 rings (SSSR count). The van der Waals surface area contributed by atoms with Crippen LogP contribution in [-0.2, 0) is 4.79 Å². The number of benzene rings is 2. The summed E-state index contributed by atoms with van der Waals surface area (Å²) in [6, 6.07) is 16.9. The summed E-state index contributed by atoms with van der Waals surface area (Å²) in [5, 5.41) is -0.306. The van der Waals surface area contributed by atoms with E-state index in [1.165, 1.54) is 11.8 Å². The summed E-state index contributed by atoms with van der Waals surface area (Å²) in [6.07, 6.45) is 0. The number of nitrogens with one attached hydrogen (secondary N) is 2. The first-order chi connectivity index (χ1) is 10.6. The summed E-state index contributed by atoms with van der Waals surface area (Å²) in [4.78, 5) is 25.0. The summed E-state index contributed by atoms with van der Waals surface area (Å²) in [5.41, 5.74) is 6.33. The van der Waals surface area contributed by atoms with Crippen LogP contribution < -0.4 is 10.9 Å². The van der Waals surface area contributed by atoms with Crippen molar-refractivity contribution in [3.8, 4) is 0 Å². The Morgan fingerprint density at radius 2 is 1.59 bits per heavy atom. The predicted molar refractivity (Wildman–Crippen MR) is 88.5 cm³/mol. The fourth-order valence-electron chi connectivity index (χ4n) is 1.87. The van der Waals surface area contributed by atoms with Gasteiger partial charge in [-0.25, -0.2) is 0 Å². The summed E-state index contributed by atoms with van der Waals surface area (Å²) in [7, 11) is 0. The fraction of sp³-hybridized carbons (Fsp3) is 0.176. The number of amides is 2. The number of carbonyl (C=O) groups excluding carboxylic acids is 2. The molecule has 2 aromatic rings. The van der Waals surface area contributed by atoms with E-state index in [4.69, 9.17) is 0 Å². The first-order valence-corrected chi connectivity index (χ1v) is 7.83. The lowest BCUT2D eigenvalue weighted by Gasteiger charge is -2.13. The second-order valence-electron chi connectivity index (χ2n) is 4.83. The van der Waals surface area contributed by atoms with Crippen LogP contribution in [0.1, 0.15) is 22.8 Å². The van der Waals surface area contributed by atoms with E-state index in [0.29, 0.717) is 5.56 Å². The molecular formula is C17H18N2O2S. The smallest absolute Gasteiger partial charge is 0.269 e. The monoisotopic (exact) mass is 314 g/mol. The zero-order valence-corrected chi connectivity index (χ0v) is 13.3. The molecular weight excluding hydrogens is 296 g/mol. The van der Waals surface area contributed by atoms with E-state index in [9.17, 15) is 9.59 Å². The third-order valence-electron chi connectivity index (χ3n) is 3.11. The van der Waals surface area contributed by atoms with Crippen molar-refractivity contribution < 1.29 is 9.59 Å². The van der Waals surface area contributed by atoms with Crippen LogP contribution >= 0.6 is 11.8 Å². The van der Waals surface area contributed by atoms with E-state index in [1.54, 1.807) is 19.1 Å². The zero-order valence-electron chi connectivity index (χ0n) is 12.5. The van der Waals surface area contributed by atoms with E-state index >= 15 is 0 Å². The minimum Gasteiger partial charge on any atom is -0.272 e.